The maximum atomic E-state index is 11.4. The van der Waals surface area contributed by atoms with Crippen LogP contribution in [0.15, 0.2) is 18.3 Å². The Balaban J connectivity index is 2.85. The van der Waals surface area contributed by atoms with Crippen molar-refractivity contribution in [3.63, 3.8) is 0 Å². The van der Waals surface area contributed by atoms with Gasteiger partial charge < -0.3 is 4.90 Å². The van der Waals surface area contributed by atoms with Gasteiger partial charge >= 0.3 is 0 Å². The molecular formula is C12H18N2O. The molecule has 0 atom stereocenters. The van der Waals surface area contributed by atoms with Crippen LogP contribution in [0.2, 0.25) is 0 Å². The van der Waals surface area contributed by atoms with Crippen molar-refractivity contribution >= 4 is 11.6 Å². The maximum Gasteiger partial charge on any atom is 0.164 e. The number of aromatic nitrogens is 1. The number of pyridine rings is 1. The van der Waals surface area contributed by atoms with Crippen LogP contribution in [-0.2, 0) is 0 Å². The third kappa shape index (κ3) is 2.78. The number of hydrogen-bond acceptors (Lipinski definition) is 3. The summed E-state index contributed by atoms with van der Waals surface area (Å²) in [6.07, 6.45) is 2.18. The molecule has 1 heterocycles. The molecule has 0 aliphatic heterocycles. The number of rotatable bonds is 4. The van der Waals surface area contributed by atoms with Gasteiger partial charge in [0.15, 0.2) is 5.78 Å². The molecule has 1 aromatic rings. The van der Waals surface area contributed by atoms with E-state index in [2.05, 4.69) is 23.7 Å². The zero-order valence-electron chi connectivity index (χ0n) is 9.82. The number of anilines is 1. The predicted octanol–water partition coefficient (Wildman–Crippen LogP) is 2.52. The lowest BCUT2D eigenvalue weighted by Gasteiger charge is -2.22. The molecule has 0 unspecified atom stereocenters. The highest BCUT2D eigenvalue weighted by Gasteiger charge is 2.07. The van der Waals surface area contributed by atoms with E-state index in [1.165, 1.54) is 0 Å². The van der Waals surface area contributed by atoms with Gasteiger partial charge in [0.05, 0.1) is 0 Å². The molecule has 0 spiro atoms. The average Bonchev–Trinajstić information content (AvgIpc) is 2.27. The minimum Gasteiger partial charge on any atom is -0.357 e. The van der Waals surface area contributed by atoms with Crippen molar-refractivity contribution in [1.82, 2.24) is 4.98 Å². The van der Waals surface area contributed by atoms with Crippen molar-refractivity contribution in [2.24, 2.45) is 0 Å². The number of carbonyl (C=O) groups excluding carboxylic acids is 1. The number of carbonyl (C=O) groups is 1. The van der Waals surface area contributed by atoms with E-state index >= 15 is 0 Å². The van der Waals surface area contributed by atoms with E-state index in [-0.39, 0.29) is 5.78 Å². The van der Waals surface area contributed by atoms with Crippen LogP contribution in [0.3, 0.4) is 0 Å². The molecule has 0 saturated heterocycles. The van der Waals surface area contributed by atoms with Gasteiger partial charge in [-0.2, -0.15) is 0 Å². The van der Waals surface area contributed by atoms with Crippen molar-refractivity contribution in [3.8, 4) is 0 Å². The van der Waals surface area contributed by atoms with E-state index < -0.39 is 0 Å². The molecule has 3 nitrogen and oxygen atoms in total. The van der Waals surface area contributed by atoms with Gasteiger partial charge in [0.2, 0.25) is 0 Å². The molecule has 1 rings (SSSR count). The fraction of sp³-hybridized carbons (Fsp3) is 0.500. The average molecular weight is 206 g/mol. The van der Waals surface area contributed by atoms with E-state index in [0.717, 1.165) is 5.82 Å². The van der Waals surface area contributed by atoms with Gasteiger partial charge in [0, 0.05) is 31.3 Å². The zero-order chi connectivity index (χ0) is 11.4. The fourth-order valence-corrected chi connectivity index (χ4v) is 1.23. The molecule has 82 valence electrons. The van der Waals surface area contributed by atoms with Crippen molar-refractivity contribution in [3.05, 3.63) is 23.9 Å². The third-order valence-corrected chi connectivity index (χ3v) is 2.53. The van der Waals surface area contributed by atoms with Gasteiger partial charge in [-0.3, -0.25) is 4.79 Å². The second-order valence-electron chi connectivity index (χ2n) is 3.89. The van der Waals surface area contributed by atoms with E-state index in [4.69, 9.17) is 0 Å². The second-order valence-corrected chi connectivity index (χ2v) is 3.89. The number of hydrogen-bond donors (Lipinski definition) is 0. The Bertz CT molecular complexity index is 330. The Labute approximate surface area is 91.1 Å². The Morgan fingerprint density at radius 2 is 2.13 bits per heavy atom. The number of ketones is 1. The molecule has 0 radical (unpaired) electrons. The van der Waals surface area contributed by atoms with Crippen LogP contribution in [0.4, 0.5) is 5.82 Å². The summed E-state index contributed by atoms with van der Waals surface area (Å²) in [6.45, 7) is 6.07. The first-order valence-electron chi connectivity index (χ1n) is 5.28. The predicted molar refractivity (Wildman–Crippen MR) is 62.4 cm³/mol. The van der Waals surface area contributed by atoms with Crippen LogP contribution >= 0.6 is 0 Å². The number of Topliss-reactive ketones (excluding diaryl/α,β-unsaturated/α-hetero) is 1. The van der Waals surface area contributed by atoms with E-state index in [1.54, 1.807) is 6.20 Å². The van der Waals surface area contributed by atoms with Crippen molar-refractivity contribution in [2.45, 2.75) is 33.2 Å². The molecule has 0 fully saturated rings. The summed E-state index contributed by atoms with van der Waals surface area (Å²) in [4.78, 5) is 17.7. The van der Waals surface area contributed by atoms with Gasteiger partial charge in [-0.05, 0) is 26.0 Å². The van der Waals surface area contributed by atoms with Gasteiger partial charge in [0.1, 0.15) is 5.82 Å². The van der Waals surface area contributed by atoms with Crippen molar-refractivity contribution in [2.75, 3.05) is 11.9 Å². The third-order valence-electron chi connectivity index (χ3n) is 2.53. The van der Waals surface area contributed by atoms with E-state index in [0.29, 0.717) is 18.0 Å². The van der Waals surface area contributed by atoms with Crippen LogP contribution in [0, 0.1) is 0 Å². The molecule has 0 aliphatic carbocycles. The van der Waals surface area contributed by atoms with Crippen LogP contribution in [-0.4, -0.2) is 23.9 Å². The molecule has 15 heavy (non-hydrogen) atoms. The first-order chi connectivity index (χ1) is 7.06. The summed E-state index contributed by atoms with van der Waals surface area (Å²) in [5.41, 5.74) is 0.693. The summed E-state index contributed by atoms with van der Waals surface area (Å²) in [6, 6.07) is 4.14. The number of nitrogens with zero attached hydrogens (tertiary/aromatic N) is 2. The molecule has 0 N–H and O–H groups in total. The fourth-order valence-electron chi connectivity index (χ4n) is 1.23. The smallest absolute Gasteiger partial charge is 0.164 e. The molecule has 0 aromatic carbocycles. The highest BCUT2D eigenvalue weighted by molar-refractivity contribution is 5.95. The lowest BCUT2D eigenvalue weighted by Crippen LogP contribution is -2.26. The molecule has 0 aliphatic rings. The van der Waals surface area contributed by atoms with Crippen molar-refractivity contribution < 1.29 is 4.79 Å². The van der Waals surface area contributed by atoms with Gasteiger partial charge in [-0.25, -0.2) is 4.98 Å². The Kier molecular flexibility index (Phi) is 3.83. The summed E-state index contributed by atoms with van der Waals surface area (Å²) in [7, 11) is 1.99. The second kappa shape index (κ2) is 4.91. The van der Waals surface area contributed by atoms with Crippen LogP contribution in [0.25, 0.3) is 0 Å². The SMILES string of the molecule is CCC(=O)c1ccc(N(C)C(C)C)nc1. The molecular weight excluding hydrogens is 188 g/mol. The largest absolute Gasteiger partial charge is 0.357 e. The summed E-state index contributed by atoms with van der Waals surface area (Å²) in [5, 5.41) is 0. The zero-order valence-corrected chi connectivity index (χ0v) is 9.82. The summed E-state index contributed by atoms with van der Waals surface area (Å²) >= 11 is 0. The van der Waals surface area contributed by atoms with Crippen LogP contribution in [0.1, 0.15) is 37.6 Å². The molecule has 0 saturated carbocycles. The van der Waals surface area contributed by atoms with Gasteiger partial charge in [0.25, 0.3) is 0 Å². The van der Waals surface area contributed by atoms with Gasteiger partial charge in [-0.15, -0.1) is 0 Å². The topological polar surface area (TPSA) is 33.2 Å². The molecule has 0 bridgehead atoms. The van der Waals surface area contributed by atoms with Crippen LogP contribution in [0.5, 0.6) is 0 Å². The summed E-state index contributed by atoms with van der Waals surface area (Å²) in [5.74, 6) is 1.04. The first-order valence-corrected chi connectivity index (χ1v) is 5.28. The van der Waals surface area contributed by atoms with Crippen LogP contribution < -0.4 is 4.90 Å². The maximum absolute atomic E-state index is 11.4. The highest BCUT2D eigenvalue weighted by Crippen LogP contribution is 2.12. The summed E-state index contributed by atoms with van der Waals surface area (Å²) < 4.78 is 0. The quantitative estimate of drug-likeness (QED) is 0.710. The monoisotopic (exact) mass is 206 g/mol. The van der Waals surface area contributed by atoms with E-state index in [1.807, 2.05) is 26.1 Å². The standard InChI is InChI=1S/C12H18N2O/c1-5-11(15)10-6-7-12(13-8-10)14(4)9(2)3/h6-9H,5H2,1-4H3. The minimum atomic E-state index is 0.140. The molecule has 1 aromatic heterocycles. The Morgan fingerprint density at radius 1 is 1.47 bits per heavy atom. The van der Waals surface area contributed by atoms with E-state index in [9.17, 15) is 4.79 Å². The lowest BCUT2D eigenvalue weighted by atomic mass is 10.1. The van der Waals surface area contributed by atoms with Gasteiger partial charge in [-0.1, -0.05) is 6.92 Å². The van der Waals surface area contributed by atoms with Crippen molar-refractivity contribution in [1.29, 1.82) is 0 Å². The molecule has 3 heteroatoms. The molecule has 0 amide bonds. The highest BCUT2D eigenvalue weighted by atomic mass is 16.1. The first kappa shape index (κ1) is 11.7. The minimum absolute atomic E-state index is 0.140. The Morgan fingerprint density at radius 3 is 2.53 bits per heavy atom. The normalized spacial score (nSPS) is 10.5. The lowest BCUT2D eigenvalue weighted by molar-refractivity contribution is 0.0988. The Hall–Kier alpha value is -1.38.